The maximum absolute atomic E-state index is 5.04. The van der Waals surface area contributed by atoms with E-state index in [2.05, 4.69) is 12.2 Å². The summed E-state index contributed by atoms with van der Waals surface area (Å²) in [6.45, 7) is 3.15. The Hall–Kier alpha value is 0.210. The Labute approximate surface area is 56.0 Å². The highest BCUT2D eigenvalue weighted by atomic mass is 35.5. The monoisotopic (exact) mass is 137 g/mol. The summed E-state index contributed by atoms with van der Waals surface area (Å²) in [7, 11) is 1.75. The average Bonchev–Trinajstić information content (AvgIpc) is 1.65. The first kappa shape index (κ1) is 8.21. The Morgan fingerprint density at radius 2 is 2.25 bits per heavy atom. The lowest BCUT2D eigenvalue weighted by Gasteiger charge is -2.33. The van der Waals surface area contributed by atoms with E-state index in [0.717, 1.165) is 6.54 Å². The molecule has 8 heavy (non-hydrogen) atoms. The van der Waals surface area contributed by atoms with E-state index >= 15 is 0 Å². The van der Waals surface area contributed by atoms with Crippen molar-refractivity contribution in [3.05, 3.63) is 0 Å². The lowest BCUT2D eigenvalue weighted by atomic mass is 10.1. The minimum Gasteiger partial charge on any atom is -0.379 e. The highest BCUT2D eigenvalue weighted by molar-refractivity contribution is 5.85. The van der Waals surface area contributed by atoms with Crippen LogP contribution in [0.3, 0.4) is 0 Å². The highest BCUT2D eigenvalue weighted by Crippen LogP contribution is 2.04. The molecule has 0 unspecified atom stereocenters. The van der Waals surface area contributed by atoms with Gasteiger partial charge in [0.2, 0.25) is 0 Å². The fourth-order valence-electron chi connectivity index (χ4n) is 0.737. The fourth-order valence-corrected chi connectivity index (χ4v) is 0.737. The van der Waals surface area contributed by atoms with E-state index < -0.39 is 0 Å². The first-order valence-corrected chi connectivity index (χ1v) is 2.61. The Bertz CT molecular complexity index is 67.4. The molecule has 1 N–H and O–H groups in total. The van der Waals surface area contributed by atoms with E-state index in [1.54, 1.807) is 7.11 Å². The van der Waals surface area contributed by atoms with Crippen molar-refractivity contribution in [2.24, 2.45) is 0 Å². The average molecular weight is 138 g/mol. The molecule has 2 atom stereocenters. The van der Waals surface area contributed by atoms with Crippen molar-refractivity contribution in [3.63, 3.8) is 0 Å². The number of nitrogens with one attached hydrogen (secondary N) is 1. The minimum atomic E-state index is 0. The van der Waals surface area contributed by atoms with Crippen LogP contribution in [0, 0.1) is 0 Å². The van der Waals surface area contributed by atoms with Gasteiger partial charge in [-0.15, -0.1) is 12.4 Å². The molecular formula is C5H12ClNO. The zero-order chi connectivity index (χ0) is 5.28. The first-order valence-electron chi connectivity index (χ1n) is 2.61. The molecule has 50 valence electrons. The van der Waals surface area contributed by atoms with Crippen LogP contribution in [0.2, 0.25) is 0 Å². The first-order chi connectivity index (χ1) is 3.34. The van der Waals surface area contributed by atoms with E-state index in [1.807, 2.05) is 0 Å². The number of ether oxygens (including phenoxy) is 1. The zero-order valence-corrected chi connectivity index (χ0v) is 5.99. The van der Waals surface area contributed by atoms with Gasteiger partial charge in [0.25, 0.3) is 0 Å². The van der Waals surface area contributed by atoms with E-state index in [9.17, 15) is 0 Å². The van der Waals surface area contributed by atoms with Crippen LogP contribution in [-0.2, 0) is 4.74 Å². The third kappa shape index (κ3) is 1.34. The molecule has 0 saturated carbocycles. The number of hydrogen-bond donors (Lipinski definition) is 1. The van der Waals surface area contributed by atoms with Gasteiger partial charge in [-0.25, -0.2) is 0 Å². The Morgan fingerprint density at radius 1 is 1.62 bits per heavy atom. The van der Waals surface area contributed by atoms with Gasteiger partial charge in [0.15, 0.2) is 0 Å². The summed E-state index contributed by atoms with van der Waals surface area (Å²) in [5, 5.41) is 3.18. The SMILES string of the molecule is CO[C@H]1CN[C@@H]1C.Cl. The molecule has 0 aliphatic carbocycles. The zero-order valence-electron chi connectivity index (χ0n) is 5.18. The molecule has 1 fully saturated rings. The molecule has 1 aliphatic heterocycles. The Kier molecular flexibility index (Phi) is 3.36. The second-order valence-corrected chi connectivity index (χ2v) is 1.97. The normalized spacial score (nSPS) is 35.2. The van der Waals surface area contributed by atoms with Crippen LogP contribution in [0.5, 0.6) is 0 Å². The fraction of sp³-hybridized carbons (Fsp3) is 1.00. The van der Waals surface area contributed by atoms with Gasteiger partial charge in [0, 0.05) is 19.7 Å². The standard InChI is InChI=1S/C5H11NO.ClH/c1-4-5(7-2)3-6-4;/h4-6H,3H2,1-2H3;1H/t4-,5+;/m1./s1. The van der Waals surface area contributed by atoms with Gasteiger partial charge in [-0.2, -0.15) is 0 Å². The van der Waals surface area contributed by atoms with E-state index in [-0.39, 0.29) is 12.4 Å². The van der Waals surface area contributed by atoms with Crippen LogP contribution < -0.4 is 5.32 Å². The van der Waals surface area contributed by atoms with Gasteiger partial charge >= 0.3 is 0 Å². The lowest BCUT2D eigenvalue weighted by molar-refractivity contribution is 0.0231. The molecule has 3 heteroatoms. The summed E-state index contributed by atoms with van der Waals surface area (Å²) in [5.74, 6) is 0. The molecular weight excluding hydrogens is 126 g/mol. The van der Waals surface area contributed by atoms with Crippen molar-refractivity contribution >= 4 is 12.4 Å². The summed E-state index contributed by atoms with van der Waals surface area (Å²) in [6, 6.07) is 0.574. The van der Waals surface area contributed by atoms with E-state index in [1.165, 1.54) is 0 Å². The number of methoxy groups -OCH3 is 1. The predicted octanol–water partition coefficient (Wildman–Crippen LogP) is 0.415. The van der Waals surface area contributed by atoms with Crippen LogP contribution in [0.4, 0.5) is 0 Å². The molecule has 2 nitrogen and oxygen atoms in total. The molecule has 0 bridgehead atoms. The molecule has 1 aliphatic rings. The summed E-state index contributed by atoms with van der Waals surface area (Å²) in [4.78, 5) is 0. The van der Waals surface area contributed by atoms with Crippen molar-refractivity contribution in [1.82, 2.24) is 5.32 Å². The molecule has 1 rings (SSSR count). The third-order valence-electron chi connectivity index (χ3n) is 1.50. The summed E-state index contributed by atoms with van der Waals surface area (Å²) in [5.41, 5.74) is 0. The van der Waals surface area contributed by atoms with Gasteiger partial charge < -0.3 is 10.1 Å². The smallest absolute Gasteiger partial charge is 0.0845 e. The molecule has 0 aromatic carbocycles. The highest BCUT2D eigenvalue weighted by Gasteiger charge is 2.24. The second kappa shape index (κ2) is 3.28. The number of halogens is 1. The van der Waals surface area contributed by atoms with Gasteiger partial charge in [0.1, 0.15) is 0 Å². The van der Waals surface area contributed by atoms with E-state index in [0.29, 0.717) is 12.1 Å². The Morgan fingerprint density at radius 3 is 2.25 bits per heavy atom. The van der Waals surface area contributed by atoms with Crippen molar-refractivity contribution < 1.29 is 4.74 Å². The molecule has 1 saturated heterocycles. The molecule has 1 heterocycles. The second-order valence-electron chi connectivity index (χ2n) is 1.97. The minimum absolute atomic E-state index is 0. The van der Waals surface area contributed by atoms with Crippen LogP contribution in [0.25, 0.3) is 0 Å². The van der Waals surface area contributed by atoms with Crippen LogP contribution in [0.1, 0.15) is 6.92 Å². The Balaban J connectivity index is 0.000000490. The molecule has 0 amide bonds. The summed E-state index contributed by atoms with van der Waals surface area (Å²) < 4.78 is 5.04. The van der Waals surface area contributed by atoms with Gasteiger partial charge in [0.05, 0.1) is 6.10 Å². The topological polar surface area (TPSA) is 21.3 Å². The van der Waals surface area contributed by atoms with Gasteiger partial charge in [-0.05, 0) is 6.92 Å². The molecule has 0 radical (unpaired) electrons. The quantitative estimate of drug-likeness (QED) is 0.566. The van der Waals surface area contributed by atoms with Crippen molar-refractivity contribution in [1.29, 1.82) is 0 Å². The lowest BCUT2D eigenvalue weighted by Crippen LogP contribution is -2.56. The summed E-state index contributed by atoms with van der Waals surface area (Å²) >= 11 is 0. The van der Waals surface area contributed by atoms with Crippen LogP contribution >= 0.6 is 12.4 Å². The number of hydrogen-bond acceptors (Lipinski definition) is 2. The van der Waals surface area contributed by atoms with Crippen molar-refractivity contribution in [3.8, 4) is 0 Å². The van der Waals surface area contributed by atoms with Crippen molar-refractivity contribution in [2.45, 2.75) is 19.1 Å². The van der Waals surface area contributed by atoms with Crippen LogP contribution in [-0.4, -0.2) is 25.8 Å². The maximum Gasteiger partial charge on any atom is 0.0845 e. The number of rotatable bonds is 1. The summed E-state index contributed by atoms with van der Waals surface area (Å²) in [6.07, 6.45) is 0.472. The molecule has 0 aromatic rings. The predicted molar refractivity (Wildman–Crippen MR) is 35.5 cm³/mol. The van der Waals surface area contributed by atoms with Gasteiger partial charge in [-0.3, -0.25) is 0 Å². The van der Waals surface area contributed by atoms with E-state index in [4.69, 9.17) is 4.74 Å². The molecule has 0 aromatic heterocycles. The maximum atomic E-state index is 5.04. The van der Waals surface area contributed by atoms with Crippen molar-refractivity contribution in [2.75, 3.05) is 13.7 Å². The molecule has 0 spiro atoms. The van der Waals surface area contributed by atoms with Gasteiger partial charge in [-0.1, -0.05) is 0 Å². The third-order valence-corrected chi connectivity index (χ3v) is 1.50. The van der Waals surface area contributed by atoms with Crippen LogP contribution in [0.15, 0.2) is 0 Å². The largest absolute Gasteiger partial charge is 0.379 e.